The van der Waals surface area contributed by atoms with Crippen molar-refractivity contribution in [3.8, 4) is 11.8 Å². The van der Waals surface area contributed by atoms with Gasteiger partial charge in [0.1, 0.15) is 11.6 Å². The van der Waals surface area contributed by atoms with Crippen LogP contribution < -0.4 is 10.0 Å². The molecule has 0 aliphatic rings. The molecule has 0 saturated heterocycles. The maximum Gasteiger partial charge on any atom is 0.338 e. The standard InChI is InChI=1S/C22H20FN5O5S/c1-15-13-20(28(27-15)18-7-5-17(23)6-8-18)26-21(29)14-33-22(30)16-3-9-19(10-4-16)34(31,32)25-12-2-11-24/h3-10,13,25H,2,12,14H2,1H3,(H,26,29). The monoisotopic (exact) mass is 485 g/mol. The minimum atomic E-state index is -3.81. The minimum absolute atomic E-state index is 0.0238. The number of benzene rings is 2. The summed E-state index contributed by atoms with van der Waals surface area (Å²) >= 11 is 0. The minimum Gasteiger partial charge on any atom is -0.452 e. The van der Waals surface area contributed by atoms with Gasteiger partial charge in [0.2, 0.25) is 10.0 Å². The number of hydrogen-bond donors (Lipinski definition) is 2. The molecule has 10 nitrogen and oxygen atoms in total. The van der Waals surface area contributed by atoms with Crippen LogP contribution in [-0.2, 0) is 19.6 Å². The van der Waals surface area contributed by atoms with Crippen molar-refractivity contribution in [2.75, 3.05) is 18.5 Å². The van der Waals surface area contributed by atoms with E-state index in [1.165, 1.54) is 53.2 Å². The summed E-state index contributed by atoms with van der Waals surface area (Å²) in [5.74, 6) is -1.55. The van der Waals surface area contributed by atoms with E-state index in [0.717, 1.165) is 0 Å². The van der Waals surface area contributed by atoms with Crippen LogP contribution in [0.15, 0.2) is 59.5 Å². The zero-order valence-electron chi connectivity index (χ0n) is 18.0. The van der Waals surface area contributed by atoms with E-state index in [1.54, 1.807) is 13.0 Å². The van der Waals surface area contributed by atoms with Gasteiger partial charge in [-0.15, -0.1) is 0 Å². The van der Waals surface area contributed by atoms with Gasteiger partial charge in [-0.1, -0.05) is 0 Å². The van der Waals surface area contributed by atoms with Crippen molar-refractivity contribution in [2.24, 2.45) is 0 Å². The predicted octanol–water partition coefficient (Wildman–Crippen LogP) is 2.31. The number of sulfonamides is 1. The summed E-state index contributed by atoms with van der Waals surface area (Å²) in [7, 11) is -3.81. The van der Waals surface area contributed by atoms with Crippen LogP contribution in [0.2, 0.25) is 0 Å². The largest absolute Gasteiger partial charge is 0.452 e. The van der Waals surface area contributed by atoms with Gasteiger partial charge < -0.3 is 10.1 Å². The van der Waals surface area contributed by atoms with E-state index in [2.05, 4.69) is 15.1 Å². The number of aromatic nitrogens is 2. The van der Waals surface area contributed by atoms with Gasteiger partial charge in [-0.2, -0.15) is 10.4 Å². The highest BCUT2D eigenvalue weighted by Crippen LogP contribution is 2.18. The fourth-order valence-corrected chi connectivity index (χ4v) is 3.89. The number of carbonyl (C=O) groups excluding carboxylic acids is 2. The number of nitriles is 1. The van der Waals surface area contributed by atoms with Gasteiger partial charge in [0.15, 0.2) is 6.61 Å². The maximum absolute atomic E-state index is 13.2. The van der Waals surface area contributed by atoms with Crippen molar-refractivity contribution in [3.63, 3.8) is 0 Å². The molecule has 0 atom stereocenters. The Bertz CT molecular complexity index is 1330. The number of ether oxygens (including phenoxy) is 1. The normalized spacial score (nSPS) is 11.0. The Morgan fingerprint density at radius 3 is 2.47 bits per heavy atom. The lowest BCUT2D eigenvalue weighted by atomic mass is 10.2. The number of nitrogens with one attached hydrogen (secondary N) is 2. The van der Waals surface area contributed by atoms with E-state index in [0.29, 0.717) is 17.2 Å². The Kier molecular flexibility index (Phi) is 7.72. The second kappa shape index (κ2) is 10.7. The van der Waals surface area contributed by atoms with E-state index < -0.39 is 34.3 Å². The zero-order valence-corrected chi connectivity index (χ0v) is 18.8. The summed E-state index contributed by atoms with van der Waals surface area (Å²) in [4.78, 5) is 24.5. The molecular formula is C22H20FN5O5S. The van der Waals surface area contributed by atoms with Crippen LogP contribution in [0.4, 0.5) is 10.2 Å². The number of halogens is 1. The first-order valence-electron chi connectivity index (χ1n) is 9.96. The van der Waals surface area contributed by atoms with E-state index in [-0.39, 0.29) is 23.4 Å². The first kappa shape index (κ1) is 24.6. The fraction of sp³-hybridized carbons (Fsp3) is 0.182. The molecule has 1 heterocycles. The van der Waals surface area contributed by atoms with Crippen molar-refractivity contribution < 1.29 is 27.1 Å². The van der Waals surface area contributed by atoms with Crippen molar-refractivity contribution >= 4 is 27.7 Å². The summed E-state index contributed by atoms with van der Waals surface area (Å²) in [6.45, 7) is 1.10. The predicted molar refractivity (Wildman–Crippen MR) is 119 cm³/mol. The number of aryl methyl sites for hydroxylation is 1. The molecule has 0 aliphatic heterocycles. The molecule has 1 aromatic heterocycles. The lowest BCUT2D eigenvalue weighted by Crippen LogP contribution is -2.24. The molecule has 0 bridgehead atoms. The maximum atomic E-state index is 13.2. The van der Waals surface area contributed by atoms with Gasteiger partial charge in [-0.05, 0) is 55.5 Å². The van der Waals surface area contributed by atoms with Crippen LogP contribution in [0.25, 0.3) is 5.69 Å². The Balaban J connectivity index is 1.59. The molecule has 0 fully saturated rings. The average Bonchev–Trinajstić information content (AvgIpc) is 3.18. The van der Waals surface area contributed by atoms with Gasteiger partial charge in [0, 0.05) is 19.0 Å². The van der Waals surface area contributed by atoms with Gasteiger partial charge >= 0.3 is 5.97 Å². The third-order valence-corrected chi connectivity index (χ3v) is 5.91. The molecule has 3 rings (SSSR count). The number of anilines is 1. The second-order valence-electron chi connectivity index (χ2n) is 7.01. The lowest BCUT2D eigenvalue weighted by Gasteiger charge is -2.10. The number of esters is 1. The Hall–Kier alpha value is -4.08. The number of nitrogens with zero attached hydrogens (tertiary/aromatic N) is 3. The van der Waals surface area contributed by atoms with Crippen molar-refractivity contribution in [3.05, 3.63) is 71.7 Å². The Morgan fingerprint density at radius 2 is 1.82 bits per heavy atom. The summed E-state index contributed by atoms with van der Waals surface area (Å²) < 4.78 is 46.1. The molecule has 2 N–H and O–H groups in total. The summed E-state index contributed by atoms with van der Waals surface area (Å²) in [5, 5.41) is 15.3. The second-order valence-corrected chi connectivity index (χ2v) is 8.78. The van der Waals surface area contributed by atoms with Crippen LogP contribution in [0, 0.1) is 24.1 Å². The summed E-state index contributed by atoms with van der Waals surface area (Å²) in [6.07, 6.45) is 0.0238. The molecule has 34 heavy (non-hydrogen) atoms. The van der Waals surface area contributed by atoms with Gasteiger partial charge in [0.25, 0.3) is 5.91 Å². The smallest absolute Gasteiger partial charge is 0.338 e. The molecule has 0 saturated carbocycles. The van der Waals surface area contributed by atoms with Crippen LogP contribution >= 0.6 is 0 Å². The van der Waals surface area contributed by atoms with Crippen LogP contribution in [0.5, 0.6) is 0 Å². The first-order valence-corrected chi connectivity index (χ1v) is 11.4. The SMILES string of the molecule is Cc1cc(NC(=O)COC(=O)c2ccc(S(=O)(=O)NCCC#N)cc2)n(-c2ccc(F)cc2)n1. The average molecular weight is 485 g/mol. The highest BCUT2D eigenvalue weighted by Gasteiger charge is 2.17. The zero-order chi connectivity index (χ0) is 24.7. The van der Waals surface area contributed by atoms with Crippen molar-refractivity contribution in [1.82, 2.24) is 14.5 Å². The molecule has 3 aromatic rings. The van der Waals surface area contributed by atoms with Gasteiger partial charge in [-0.25, -0.2) is 27.0 Å². The number of amides is 1. The van der Waals surface area contributed by atoms with Crippen LogP contribution in [-0.4, -0.2) is 43.2 Å². The van der Waals surface area contributed by atoms with E-state index >= 15 is 0 Å². The molecule has 2 aromatic carbocycles. The molecule has 1 amide bonds. The fourth-order valence-electron chi connectivity index (χ4n) is 2.86. The van der Waals surface area contributed by atoms with E-state index in [4.69, 9.17) is 10.00 Å². The van der Waals surface area contributed by atoms with E-state index in [9.17, 15) is 22.4 Å². The molecule has 12 heteroatoms. The highest BCUT2D eigenvalue weighted by atomic mass is 32.2. The summed E-state index contributed by atoms with van der Waals surface area (Å²) in [6, 6.07) is 13.9. The highest BCUT2D eigenvalue weighted by molar-refractivity contribution is 7.89. The third-order valence-electron chi connectivity index (χ3n) is 4.43. The quantitative estimate of drug-likeness (QED) is 0.350. The third kappa shape index (κ3) is 6.25. The molecule has 0 aliphatic carbocycles. The molecular weight excluding hydrogens is 465 g/mol. The molecule has 0 radical (unpaired) electrons. The van der Waals surface area contributed by atoms with Crippen molar-refractivity contribution in [2.45, 2.75) is 18.2 Å². The first-order chi connectivity index (χ1) is 16.2. The van der Waals surface area contributed by atoms with E-state index in [1.807, 2.05) is 6.07 Å². The molecule has 0 spiro atoms. The van der Waals surface area contributed by atoms with Gasteiger partial charge in [0.05, 0.1) is 27.9 Å². The number of hydrogen-bond acceptors (Lipinski definition) is 7. The molecule has 176 valence electrons. The van der Waals surface area contributed by atoms with Crippen molar-refractivity contribution in [1.29, 1.82) is 5.26 Å². The van der Waals surface area contributed by atoms with Crippen LogP contribution in [0.1, 0.15) is 22.5 Å². The van der Waals surface area contributed by atoms with Crippen LogP contribution in [0.3, 0.4) is 0 Å². The van der Waals surface area contributed by atoms with Gasteiger partial charge in [-0.3, -0.25) is 4.79 Å². The Morgan fingerprint density at radius 1 is 1.15 bits per heavy atom. The number of rotatable bonds is 9. The lowest BCUT2D eigenvalue weighted by molar-refractivity contribution is -0.119. The summed E-state index contributed by atoms with van der Waals surface area (Å²) in [5.41, 5.74) is 1.18. The molecule has 0 unspecified atom stereocenters. The Labute approximate surface area is 195 Å². The topological polar surface area (TPSA) is 143 Å². The number of carbonyl (C=O) groups is 2.